The lowest BCUT2D eigenvalue weighted by Gasteiger charge is -2.18. The molecule has 1 atom stereocenters. The number of benzene rings is 1. The Bertz CT molecular complexity index is 377. The van der Waals surface area contributed by atoms with Crippen LogP contribution in [0.1, 0.15) is 67.3 Å². The van der Waals surface area contributed by atoms with Crippen LogP contribution in [0.3, 0.4) is 0 Å². The highest BCUT2D eigenvalue weighted by Gasteiger charge is 2.12. The zero-order chi connectivity index (χ0) is 15.0. The van der Waals surface area contributed by atoms with Crippen molar-refractivity contribution in [3.8, 4) is 0 Å². The molecule has 0 saturated carbocycles. The molecule has 0 saturated heterocycles. The quantitative estimate of drug-likeness (QED) is 0.670. The highest BCUT2D eigenvalue weighted by atomic mass is 16.5. The van der Waals surface area contributed by atoms with Gasteiger partial charge in [0.2, 0.25) is 0 Å². The average molecular weight is 277 g/mol. The lowest BCUT2D eigenvalue weighted by atomic mass is 9.95. The van der Waals surface area contributed by atoms with E-state index in [4.69, 9.17) is 10.5 Å². The lowest BCUT2D eigenvalue weighted by molar-refractivity contribution is 0.117. The van der Waals surface area contributed by atoms with Gasteiger partial charge in [-0.1, -0.05) is 50.3 Å². The lowest BCUT2D eigenvalue weighted by Crippen LogP contribution is -2.20. The number of hydrogen-bond acceptors (Lipinski definition) is 2. The molecule has 2 nitrogen and oxygen atoms in total. The standard InChI is InChI=1S/C18H31NO/c1-5-6-7-8-9-10-20-13-17(19)18-15(3)11-14(2)12-16(18)4/h11-12,17H,5-10,13,19H2,1-4H3. The summed E-state index contributed by atoms with van der Waals surface area (Å²) >= 11 is 0. The molecular formula is C18H31NO. The largest absolute Gasteiger partial charge is 0.379 e. The maximum atomic E-state index is 6.28. The second kappa shape index (κ2) is 9.15. The summed E-state index contributed by atoms with van der Waals surface area (Å²) in [6, 6.07) is 4.39. The molecule has 0 spiro atoms. The molecule has 0 aliphatic carbocycles. The second-order valence-corrected chi connectivity index (χ2v) is 5.91. The predicted octanol–water partition coefficient (Wildman–Crippen LogP) is 4.60. The van der Waals surface area contributed by atoms with Gasteiger partial charge in [-0.3, -0.25) is 0 Å². The van der Waals surface area contributed by atoms with Crippen LogP contribution in [-0.2, 0) is 4.74 Å². The van der Waals surface area contributed by atoms with E-state index in [0.717, 1.165) is 13.0 Å². The summed E-state index contributed by atoms with van der Waals surface area (Å²) in [6.07, 6.45) is 6.37. The zero-order valence-corrected chi connectivity index (χ0v) is 13.7. The molecule has 20 heavy (non-hydrogen) atoms. The van der Waals surface area contributed by atoms with Crippen molar-refractivity contribution >= 4 is 0 Å². The highest BCUT2D eigenvalue weighted by molar-refractivity contribution is 5.39. The minimum atomic E-state index is -0.00811. The molecule has 0 fully saturated rings. The van der Waals surface area contributed by atoms with Crippen LogP contribution < -0.4 is 5.73 Å². The monoisotopic (exact) mass is 277 g/mol. The van der Waals surface area contributed by atoms with Gasteiger partial charge in [-0.25, -0.2) is 0 Å². The molecular weight excluding hydrogens is 246 g/mol. The van der Waals surface area contributed by atoms with Crippen LogP contribution in [0.15, 0.2) is 12.1 Å². The molecule has 1 unspecified atom stereocenters. The van der Waals surface area contributed by atoms with Crippen molar-refractivity contribution in [2.75, 3.05) is 13.2 Å². The predicted molar refractivity (Wildman–Crippen MR) is 87.2 cm³/mol. The Kier molecular flexibility index (Phi) is 7.86. The molecule has 0 bridgehead atoms. The molecule has 2 heteroatoms. The molecule has 1 rings (SSSR count). The summed E-state index contributed by atoms with van der Waals surface area (Å²) in [5.41, 5.74) is 11.4. The van der Waals surface area contributed by atoms with E-state index in [1.54, 1.807) is 0 Å². The molecule has 1 aromatic carbocycles. The van der Waals surface area contributed by atoms with Gasteiger partial charge >= 0.3 is 0 Å². The van der Waals surface area contributed by atoms with Crippen molar-refractivity contribution in [1.82, 2.24) is 0 Å². The second-order valence-electron chi connectivity index (χ2n) is 5.91. The summed E-state index contributed by atoms with van der Waals surface area (Å²) in [6.45, 7) is 10.1. The van der Waals surface area contributed by atoms with Crippen molar-refractivity contribution in [3.05, 3.63) is 34.4 Å². The van der Waals surface area contributed by atoms with Crippen molar-refractivity contribution in [3.63, 3.8) is 0 Å². The van der Waals surface area contributed by atoms with E-state index in [1.165, 1.54) is 47.9 Å². The van der Waals surface area contributed by atoms with Crippen molar-refractivity contribution in [2.24, 2.45) is 5.73 Å². The van der Waals surface area contributed by atoms with Gasteiger partial charge in [-0.05, 0) is 43.9 Å². The number of ether oxygens (including phenoxy) is 1. The third-order valence-corrected chi connectivity index (χ3v) is 3.80. The molecule has 2 N–H and O–H groups in total. The van der Waals surface area contributed by atoms with Crippen LogP contribution in [0.4, 0.5) is 0 Å². The average Bonchev–Trinajstić information content (AvgIpc) is 2.36. The zero-order valence-electron chi connectivity index (χ0n) is 13.7. The van der Waals surface area contributed by atoms with Gasteiger partial charge in [-0.2, -0.15) is 0 Å². The minimum Gasteiger partial charge on any atom is -0.379 e. The Balaban J connectivity index is 2.34. The summed E-state index contributed by atoms with van der Waals surface area (Å²) in [5.74, 6) is 0. The van der Waals surface area contributed by atoms with E-state index in [-0.39, 0.29) is 6.04 Å². The van der Waals surface area contributed by atoms with Crippen LogP contribution in [0.25, 0.3) is 0 Å². The van der Waals surface area contributed by atoms with E-state index in [9.17, 15) is 0 Å². The fourth-order valence-electron chi connectivity index (χ4n) is 2.88. The van der Waals surface area contributed by atoms with E-state index >= 15 is 0 Å². The molecule has 1 aromatic rings. The third kappa shape index (κ3) is 5.64. The summed E-state index contributed by atoms with van der Waals surface area (Å²) in [7, 11) is 0. The van der Waals surface area contributed by atoms with Crippen LogP contribution in [0, 0.1) is 20.8 Å². The Hall–Kier alpha value is -0.860. The Labute approximate surface area is 124 Å². The fraction of sp³-hybridized carbons (Fsp3) is 0.667. The minimum absolute atomic E-state index is 0.00811. The molecule has 114 valence electrons. The van der Waals surface area contributed by atoms with Crippen molar-refractivity contribution in [2.45, 2.75) is 65.8 Å². The van der Waals surface area contributed by atoms with Crippen LogP contribution >= 0.6 is 0 Å². The Morgan fingerprint density at radius 2 is 1.60 bits per heavy atom. The Morgan fingerprint density at radius 3 is 2.20 bits per heavy atom. The number of nitrogens with two attached hydrogens (primary N) is 1. The van der Waals surface area contributed by atoms with Crippen LogP contribution in [0.5, 0.6) is 0 Å². The first-order valence-corrected chi connectivity index (χ1v) is 7.97. The highest BCUT2D eigenvalue weighted by Crippen LogP contribution is 2.22. The summed E-state index contributed by atoms with van der Waals surface area (Å²) < 4.78 is 5.75. The molecule has 0 aliphatic heterocycles. The molecule has 0 radical (unpaired) electrons. The van der Waals surface area contributed by atoms with Gasteiger partial charge in [-0.15, -0.1) is 0 Å². The maximum absolute atomic E-state index is 6.28. The van der Waals surface area contributed by atoms with Crippen LogP contribution in [-0.4, -0.2) is 13.2 Å². The maximum Gasteiger partial charge on any atom is 0.0659 e. The van der Waals surface area contributed by atoms with E-state index in [2.05, 4.69) is 39.8 Å². The summed E-state index contributed by atoms with van der Waals surface area (Å²) in [4.78, 5) is 0. The number of unbranched alkanes of at least 4 members (excludes halogenated alkanes) is 4. The van der Waals surface area contributed by atoms with Gasteiger partial charge in [0.25, 0.3) is 0 Å². The molecule has 0 aromatic heterocycles. The molecule has 0 aliphatic rings. The molecule has 0 heterocycles. The van der Waals surface area contributed by atoms with Gasteiger partial charge in [0.05, 0.1) is 12.6 Å². The van der Waals surface area contributed by atoms with Gasteiger partial charge in [0.1, 0.15) is 0 Å². The van der Waals surface area contributed by atoms with Gasteiger partial charge < -0.3 is 10.5 Å². The first kappa shape index (κ1) is 17.2. The Morgan fingerprint density at radius 1 is 1.00 bits per heavy atom. The smallest absolute Gasteiger partial charge is 0.0659 e. The normalized spacial score (nSPS) is 12.7. The first-order valence-electron chi connectivity index (χ1n) is 7.97. The topological polar surface area (TPSA) is 35.2 Å². The number of rotatable bonds is 9. The fourth-order valence-corrected chi connectivity index (χ4v) is 2.88. The van der Waals surface area contributed by atoms with Gasteiger partial charge in [0.15, 0.2) is 0 Å². The van der Waals surface area contributed by atoms with Crippen molar-refractivity contribution in [1.29, 1.82) is 0 Å². The van der Waals surface area contributed by atoms with E-state index in [0.29, 0.717) is 6.61 Å². The van der Waals surface area contributed by atoms with E-state index in [1.807, 2.05) is 0 Å². The first-order chi connectivity index (χ1) is 9.56. The van der Waals surface area contributed by atoms with E-state index < -0.39 is 0 Å². The van der Waals surface area contributed by atoms with Crippen LogP contribution in [0.2, 0.25) is 0 Å². The number of hydrogen-bond donors (Lipinski definition) is 1. The van der Waals surface area contributed by atoms with Gasteiger partial charge in [0, 0.05) is 6.61 Å². The number of aryl methyl sites for hydroxylation is 3. The third-order valence-electron chi connectivity index (χ3n) is 3.80. The summed E-state index contributed by atoms with van der Waals surface area (Å²) in [5, 5.41) is 0. The SMILES string of the molecule is CCCCCCCOCC(N)c1c(C)cc(C)cc1C. The van der Waals surface area contributed by atoms with Crippen molar-refractivity contribution < 1.29 is 4.74 Å². The molecule has 0 amide bonds.